The number of piperazine rings is 1. The Morgan fingerprint density at radius 2 is 1.62 bits per heavy atom. The first-order chi connectivity index (χ1) is 19.7. The molecule has 1 fully saturated rings. The molecule has 6 rings (SSSR count). The summed E-state index contributed by atoms with van der Waals surface area (Å²) in [5.74, 6) is 0.932. The number of rotatable bonds is 9. The van der Waals surface area contributed by atoms with Gasteiger partial charge in [0.2, 0.25) is 5.95 Å². The summed E-state index contributed by atoms with van der Waals surface area (Å²) >= 11 is 3.56. The minimum Gasteiger partial charge on any atom is -0.383 e. The third-order valence-corrected chi connectivity index (χ3v) is 8.68. The lowest BCUT2D eigenvalue weighted by Gasteiger charge is -2.34. The van der Waals surface area contributed by atoms with Crippen LogP contribution in [0.3, 0.4) is 0 Å². The van der Waals surface area contributed by atoms with Gasteiger partial charge in [0.05, 0.1) is 12.3 Å². The van der Waals surface area contributed by atoms with E-state index >= 15 is 0 Å². The number of methoxy groups -OCH3 is 1. The first-order valence-corrected chi connectivity index (χ1v) is 15.0. The van der Waals surface area contributed by atoms with Gasteiger partial charge in [0.15, 0.2) is 0 Å². The Morgan fingerprint density at radius 1 is 0.900 bits per heavy atom. The van der Waals surface area contributed by atoms with Gasteiger partial charge >= 0.3 is 0 Å². The largest absolute Gasteiger partial charge is 0.383 e. The highest BCUT2D eigenvalue weighted by Crippen LogP contribution is 2.42. The van der Waals surface area contributed by atoms with Crippen molar-refractivity contribution in [3.8, 4) is 11.3 Å². The van der Waals surface area contributed by atoms with Crippen molar-refractivity contribution in [3.63, 3.8) is 0 Å². The van der Waals surface area contributed by atoms with Crippen molar-refractivity contribution in [2.75, 3.05) is 58.3 Å². The van der Waals surface area contributed by atoms with Gasteiger partial charge in [-0.05, 0) is 59.4 Å². The average Bonchev–Trinajstić information content (AvgIpc) is 3.00. The maximum absolute atomic E-state index is 5.21. The third kappa shape index (κ3) is 6.28. The molecule has 1 aliphatic heterocycles. The zero-order valence-electron chi connectivity index (χ0n) is 23.0. The molecule has 2 aliphatic rings. The van der Waals surface area contributed by atoms with Crippen LogP contribution in [0.25, 0.3) is 11.3 Å². The highest BCUT2D eigenvalue weighted by Gasteiger charge is 2.27. The molecule has 6 nitrogen and oxygen atoms in total. The Hall–Kier alpha value is -3.10. The maximum Gasteiger partial charge on any atom is 0.227 e. The molecule has 206 valence electrons. The van der Waals surface area contributed by atoms with Crippen molar-refractivity contribution in [3.05, 3.63) is 106 Å². The molecule has 1 saturated heterocycles. The van der Waals surface area contributed by atoms with Gasteiger partial charge in [-0.3, -0.25) is 4.90 Å². The van der Waals surface area contributed by atoms with E-state index in [2.05, 4.69) is 104 Å². The number of ether oxygens (including phenoxy) is 1. The summed E-state index contributed by atoms with van der Waals surface area (Å²) in [6, 6.07) is 26.0. The molecular formula is C33H36BrN5O. The van der Waals surface area contributed by atoms with Crippen molar-refractivity contribution in [1.29, 1.82) is 0 Å². The molecule has 0 saturated carbocycles. The molecule has 4 aromatic rings. The molecule has 1 aliphatic carbocycles. The van der Waals surface area contributed by atoms with E-state index in [4.69, 9.17) is 14.7 Å². The number of anilines is 2. The van der Waals surface area contributed by atoms with Gasteiger partial charge in [0, 0.05) is 74.2 Å². The summed E-state index contributed by atoms with van der Waals surface area (Å²) in [5, 5.41) is 3.43. The molecule has 7 heteroatoms. The Kier molecular flexibility index (Phi) is 8.54. The molecule has 3 aromatic carbocycles. The molecule has 0 amide bonds. The van der Waals surface area contributed by atoms with Crippen molar-refractivity contribution >= 4 is 27.6 Å². The number of hydrogen-bond donors (Lipinski definition) is 1. The van der Waals surface area contributed by atoms with Crippen molar-refractivity contribution in [1.82, 2.24) is 19.8 Å². The van der Waals surface area contributed by atoms with Crippen LogP contribution in [0.4, 0.5) is 11.6 Å². The highest BCUT2D eigenvalue weighted by molar-refractivity contribution is 9.10. The van der Waals surface area contributed by atoms with E-state index in [9.17, 15) is 0 Å². The normalized spacial score (nSPS) is 17.3. The van der Waals surface area contributed by atoms with Crippen LogP contribution in [0.15, 0.2) is 83.5 Å². The Morgan fingerprint density at radius 3 is 2.38 bits per heavy atom. The SMILES string of the molecule is COCCN1CCN(CCc2ccc(Nc3ncc4c(n3)-c3ccccc3[C@@H](c3ccc(Br)cc3)C4)cc2)CC1. The summed E-state index contributed by atoms with van der Waals surface area (Å²) in [5.41, 5.74) is 8.40. The second-order valence-corrected chi connectivity index (χ2v) is 11.6. The number of aromatic nitrogens is 2. The molecular weight excluding hydrogens is 562 g/mol. The van der Waals surface area contributed by atoms with E-state index < -0.39 is 0 Å². The third-order valence-electron chi connectivity index (χ3n) is 8.16. The van der Waals surface area contributed by atoms with Gasteiger partial charge < -0.3 is 15.0 Å². The second kappa shape index (κ2) is 12.6. The molecule has 0 bridgehead atoms. The topological polar surface area (TPSA) is 53.5 Å². The van der Waals surface area contributed by atoms with Crippen LogP contribution in [0, 0.1) is 0 Å². The van der Waals surface area contributed by atoms with Crippen LogP contribution in [-0.4, -0.2) is 72.8 Å². The standard InChI is InChI=1S/C33H36BrN5O/c1-40-21-20-39-18-16-38(17-19-39)15-14-24-6-12-28(13-7-24)36-33-35-23-26-22-31(25-8-10-27(34)11-9-25)29-4-2-3-5-30(29)32(26)37-33/h2-13,23,31H,14-22H2,1H3,(H,35,36,37)/t31-/m1/s1. The van der Waals surface area contributed by atoms with E-state index in [-0.39, 0.29) is 0 Å². The van der Waals surface area contributed by atoms with Crippen molar-refractivity contribution < 1.29 is 4.74 Å². The predicted octanol–water partition coefficient (Wildman–Crippen LogP) is 6.14. The van der Waals surface area contributed by atoms with Crippen LogP contribution >= 0.6 is 15.9 Å². The molecule has 0 radical (unpaired) electrons. The number of halogens is 1. The zero-order chi connectivity index (χ0) is 27.3. The first-order valence-electron chi connectivity index (χ1n) is 14.2. The minimum atomic E-state index is 0.297. The lowest BCUT2D eigenvalue weighted by molar-refractivity contribution is 0.0976. The number of nitrogens with zero attached hydrogens (tertiary/aromatic N) is 4. The van der Waals surface area contributed by atoms with Crippen LogP contribution in [0.2, 0.25) is 0 Å². The molecule has 0 spiro atoms. The molecule has 0 unspecified atom stereocenters. The van der Waals surface area contributed by atoms with E-state index in [0.717, 1.165) is 74.6 Å². The number of fused-ring (bicyclic) bond motifs is 3. The highest BCUT2D eigenvalue weighted by atomic mass is 79.9. The summed E-state index contributed by atoms with van der Waals surface area (Å²) in [7, 11) is 1.77. The van der Waals surface area contributed by atoms with Crippen LogP contribution in [-0.2, 0) is 17.6 Å². The molecule has 2 heterocycles. The Bertz CT molecular complexity index is 1420. The van der Waals surface area contributed by atoms with Gasteiger partial charge in [0.1, 0.15) is 0 Å². The van der Waals surface area contributed by atoms with E-state index in [1.807, 2.05) is 6.20 Å². The zero-order valence-corrected chi connectivity index (χ0v) is 24.6. The van der Waals surface area contributed by atoms with Gasteiger partial charge in [-0.15, -0.1) is 0 Å². The second-order valence-electron chi connectivity index (χ2n) is 10.7. The maximum atomic E-state index is 5.21. The quantitative estimate of drug-likeness (QED) is 0.250. The molecule has 1 N–H and O–H groups in total. The smallest absolute Gasteiger partial charge is 0.227 e. The fourth-order valence-corrected chi connectivity index (χ4v) is 6.08. The van der Waals surface area contributed by atoms with Crippen LogP contribution in [0.1, 0.15) is 28.2 Å². The summed E-state index contributed by atoms with van der Waals surface area (Å²) in [6.45, 7) is 7.46. The van der Waals surface area contributed by atoms with E-state index in [1.54, 1.807) is 7.11 Å². The first kappa shape index (κ1) is 27.1. The molecule has 1 atom stereocenters. The van der Waals surface area contributed by atoms with Crippen LogP contribution < -0.4 is 5.32 Å². The summed E-state index contributed by atoms with van der Waals surface area (Å²) in [4.78, 5) is 14.7. The minimum absolute atomic E-state index is 0.297. The lowest BCUT2D eigenvalue weighted by Crippen LogP contribution is -2.47. The Balaban J connectivity index is 1.09. The van der Waals surface area contributed by atoms with Gasteiger partial charge in [0.25, 0.3) is 0 Å². The Labute approximate surface area is 245 Å². The molecule has 1 aromatic heterocycles. The number of hydrogen-bond acceptors (Lipinski definition) is 6. The fraction of sp³-hybridized carbons (Fsp3) is 0.333. The van der Waals surface area contributed by atoms with Gasteiger partial charge in [-0.1, -0.05) is 64.5 Å². The van der Waals surface area contributed by atoms with E-state index in [0.29, 0.717) is 11.9 Å². The summed E-state index contributed by atoms with van der Waals surface area (Å²) < 4.78 is 6.31. The number of benzene rings is 3. The van der Waals surface area contributed by atoms with E-state index in [1.165, 1.54) is 27.8 Å². The van der Waals surface area contributed by atoms with Gasteiger partial charge in [-0.25, -0.2) is 9.97 Å². The summed E-state index contributed by atoms with van der Waals surface area (Å²) in [6.07, 6.45) is 3.95. The van der Waals surface area contributed by atoms with Gasteiger partial charge in [-0.2, -0.15) is 0 Å². The average molecular weight is 599 g/mol. The molecule has 40 heavy (non-hydrogen) atoms. The van der Waals surface area contributed by atoms with Crippen molar-refractivity contribution in [2.24, 2.45) is 0 Å². The lowest BCUT2D eigenvalue weighted by atomic mass is 9.78. The monoisotopic (exact) mass is 597 g/mol. The predicted molar refractivity (Wildman–Crippen MR) is 165 cm³/mol. The number of nitrogens with one attached hydrogen (secondary N) is 1. The fourth-order valence-electron chi connectivity index (χ4n) is 5.82. The van der Waals surface area contributed by atoms with Crippen molar-refractivity contribution in [2.45, 2.75) is 18.8 Å². The van der Waals surface area contributed by atoms with Crippen LogP contribution in [0.5, 0.6) is 0 Å².